The molecule has 1 amide bonds. The molecule has 4 nitrogen and oxygen atoms in total. The van der Waals surface area contributed by atoms with Gasteiger partial charge in [0, 0.05) is 18.5 Å². The molecule has 19 heavy (non-hydrogen) atoms. The lowest BCUT2D eigenvalue weighted by Gasteiger charge is -2.31. The van der Waals surface area contributed by atoms with Gasteiger partial charge in [-0.05, 0) is 41.8 Å². The second-order valence-electron chi connectivity index (χ2n) is 4.48. The summed E-state index contributed by atoms with van der Waals surface area (Å²) in [5.74, 6) is -0.373. The summed E-state index contributed by atoms with van der Waals surface area (Å²) in [4.78, 5) is 25.8. The third kappa shape index (κ3) is 3.57. The minimum atomic E-state index is -0.188. The van der Waals surface area contributed by atoms with Crippen LogP contribution in [0.5, 0.6) is 0 Å². The molecule has 1 aromatic rings. The molecule has 0 aliphatic carbocycles. The molecule has 1 fully saturated rings. The van der Waals surface area contributed by atoms with Crippen LogP contribution >= 0.6 is 27.3 Å². The molecule has 0 saturated carbocycles. The minimum absolute atomic E-state index is 0.00375. The van der Waals surface area contributed by atoms with Gasteiger partial charge in [-0.2, -0.15) is 0 Å². The summed E-state index contributed by atoms with van der Waals surface area (Å²) in [6, 6.07) is 1.82. The molecule has 6 heteroatoms. The lowest BCUT2D eigenvalue weighted by Crippen LogP contribution is -2.42. The first-order valence-electron chi connectivity index (χ1n) is 6.31. The van der Waals surface area contributed by atoms with Gasteiger partial charge in [0.25, 0.3) is 5.91 Å². The molecule has 1 atom stereocenters. The van der Waals surface area contributed by atoms with Crippen molar-refractivity contribution < 1.29 is 14.3 Å². The molecule has 1 unspecified atom stereocenters. The van der Waals surface area contributed by atoms with E-state index in [4.69, 9.17) is 4.74 Å². The zero-order valence-electron chi connectivity index (χ0n) is 10.7. The van der Waals surface area contributed by atoms with E-state index in [9.17, 15) is 9.59 Å². The van der Waals surface area contributed by atoms with Gasteiger partial charge in [-0.3, -0.25) is 9.59 Å². The third-order valence-corrected chi connectivity index (χ3v) is 4.65. The van der Waals surface area contributed by atoms with Crippen molar-refractivity contribution in [2.24, 2.45) is 5.92 Å². The lowest BCUT2D eigenvalue weighted by molar-refractivity contribution is -0.149. The number of esters is 1. The van der Waals surface area contributed by atoms with E-state index in [2.05, 4.69) is 15.9 Å². The van der Waals surface area contributed by atoms with Crippen molar-refractivity contribution in [3.8, 4) is 0 Å². The van der Waals surface area contributed by atoms with Crippen molar-refractivity contribution in [1.29, 1.82) is 0 Å². The Labute approximate surface area is 124 Å². The predicted octanol–water partition coefficient (Wildman–Crippen LogP) is 2.93. The normalized spacial score (nSPS) is 19.3. The molecule has 0 spiro atoms. The summed E-state index contributed by atoms with van der Waals surface area (Å²) in [7, 11) is 0. The highest BCUT2D eigenvalue weighted by Gasteiger charge is 2.29. The smallest absolute Gasteiger partial charge is 0.310 e. The third-order valence-electron chi connectivity index (χ3n) is 3.14. The maximum absolute atomic E-state index is 12.3. The van der Waals surface area contributed by atoms with Crippen LogP contribution in [0.2, 0.25) is 0 Å². The number of rotatable bonds is 3. The van der Waals surface area contributed by atoms with Gasteiger partial charge in [0.15, 0.2) is 0 Å². The number of halogens is 1. The topological polar surface area (TPSA) is 46.6 Å². The molecule has 2 rings (SSSR count). The molecular weight excluding hydrogens is 330 g/mol. The number of piperidine rings is 1. The minimum Gasteiger partial charge on any atom is -0.466 e. The van der Waals surface area contributed by atoms with Gasteiger partial charge in [0.05, 0.1) is 21.9 Å². The maximum atomic E-state index is 12.3. The van der Waals surface area contributed by atoms with Crippen LogP contribution in [-0.2, 0) is 9.53 Å². The van der Waals surface area contributed by atoms with Crippen molar-refractivity contribution in [3.63, 3.8) is 0 Å². The molecule has 1 aliphatic rings. The number of hydrogen-bond donors (Lipinski definition) is 0. The molecule has 0 aromatic carbocycles. The fraction of sp³-hybridized carbons (Fsp3) is 0.538. The Morgan fingerprint density at radius 2 is 2.37 bits per heavy atom. The van der Waals surface area contributed by atoms with E-state index < -0.39 is 0 Å². The number of nitrogens with zero attached hydrogens (tertiary/aromatic N) is 1. The van der Waals surface area contributed by atoms with Gasteiger partial charge in [-0.25, -0.2) is 0 Å². The summed E-state index contributed by atoms with van der Waals surface area (Å²) in [5, 5.41) is 1.83. The predicted molar refractivity (Wildman–Crippen MR) is 77.3 cm³/mol. The van der Waals surface area contributed by atoms with E-state index in [1.807, 2.05) is 11.4 Å². The van der Waals surface area contributed by atoms with Crippen molar-refractivity contribution >= 4 is 39.1 Å². The average Bonchev–Trinajstić information content (AvgIpc) is 2.85. The van der Waals surface area contributed by atoms with Crippen LogP contribution in [0.15, 0.2) is 15.2 Å². The molecular formula is C13H16BrNO3S. The van der Waals surface area contributed by atoms with Crippen molar-refractivity contribution in [3.05, 3.63) is 20.8 Å². The van der Waals surface area contributed by atoms with Gasteiger partial charge < -0.3 is 9.64 Å². The Morgan fingerprint density at radius 3 is 3.00 bits per heavy atom. The van der Waals surface area contributed by atoms with Crippen LogP contribution in [0.1, 0.15) is 30.1 Å². The average molecular weight is 346 g/mol. The molecule has 104 valence electrons. The monoisotopic (exact) mass is 345 g/mol. The Hall–Kier alpha value is -0.880. The molecule has 1 aliphatic heterocycles. The van der Waals surface area contributed by atoms with Gasteiger partial charge >= 0.3 is 5.97 Å². The SMILES string of the molecule is CCOC(=O)C1CCCN(C(=O)c2csc(Br)c2)C1. The highest BCUT2D eigenvalue weighted by molar-refractivity contribution is 9.11. The van der Waals surface area contributed by atoms with Crippen LogP contribution in [-0.4, -0.2) is 36.5 Å². The number of likely N-dealkylation sites (tertiary alicyclic amines) is 1. The van der Waals surface area contributed by atoms with Crippen molar-refractivity contribution in [2.75, 3.05) is 19.7 Å². The van der Waals surface area contributed by atoms with E-state index in [1.165, 1.54) is 11.3 Å². The first-order chi connectivity index (χ1) is 9.11. The van der Waals surface area contributed by atoms with E-state index in [-0.39, 0.29) is 17.8 Å². The quantitative estimate of drug-likeness (QED) is 0.791. The molecule has 2 heterocycles. The maximum Gasteiger partial charge on any atom is 0.310 e. The fourth-order valence-corrected chi connectivity index (χ4v) is 3.35. The van der Waals surface area contributed by atoms with E-state index >= 15 is 0 Å². The molecule has 0 bridgehead atoms. The molecule has 1 saturated heterocycles. The first-order valence-corrected chi connectivity index (χ1v) is 7.99. The summed E-state index contributed by atoms with van der Waals surface area (Å²) < 4.78 is 5.98. The number of amides is 1. The molecule has 1 aromatic heterocycles. The Balaban J connectivity index is 2.01. The van der Waals surface area contributed by atoms with Crippen LogP contribution in [0.3, 0.4) is 0 Å². The fourth-order valence-electron chi connectivity index (χ4n) is 2.22. The summed E-state index contributed by atoms with van der Waals surface area (Å²) >= 11 is 4.84. The second kappa shape index (κ2) is 6.52. The van der Waals surface area contributed by atoms with Gasteiger partial charge in [-0.15, -0.1) is 11.3 Å². The Bertz CT molecular complexity index is 474. The van der Waals surface area contributed by atoms with E-state index in [0.717, 1.165) is 16.6 Å². The lowest BCUT2D eigenvalue weighted by atomic mass is 9.98. The zero-order chi connectivity index (χ0) is 13.8. The number of ether oxygens (including phenoxy) is 1. The molecule has 0 N–H and O–H groups in total. The van der Waals surface area contributed by atoms with Crippen molar-refractivity contribution in [1.82, 2.24) is 4.90 Å². The number of thiophene rings is 1. The largest absolute Gasteiger partial charge is 0.466 e. The number of hydrogen-bond acceptors (Lipinski definition) is 4. The number of carbonyl (C=O) groups excluding carboxylic acids is 2. The first kappa shape index (κ1) is 14.5. The zero-order valence-corrected chi connectivity index (χ0v) is 13.1. The van der Waals surface area contributed by atoms with E-state index in [0.29, 0.717) is 25.3 Å². The van der Waals surface area contributed by atoms with Gasteiger partial charge in [-0.1, -0.05) is 0 Å². The highest BCUT2D eigenvalue weighted by Crippen LogP contribution is 2.24. The Kier molecular flexibility index (Phi) is 4.99. The van der Waals surface area contributed by atoms with Crippen LogP contribution in [0.25, 0.3) is 0 Å². The van der Waals surface area contributed by atoms with Crippen LogP contribution in [0, 0.1) is 5.92 Å². The van der Waals surface area contributed by atoms with Crippen LogP contribution < -0.4 is 0 Å². The second-order valence-corrected chi connectivity index (χ2v) is 6.77. The summed E-state index contributed by atoms with van der Waals surface area (Å²) in [5.41, 5.74) is 0.682. The van der Waals surface area contributed by atoms with Crippen molar-refractivity contribution in [2.45, 2.75) is 19.8 Å². The standard InChI is InChI=1S/C13H16BrNO3S/c1-2-18-13(17)9-4-3-5-15(7-9)12(16)10-6-11(14)19-8-10/h6,8-9H,2-5,7H2,1H3. The molecule has 0 radical (unpaired) electrons. The summed E-state index contributed by atoms with van der Waals surface area (Å²) in [6.07, 6.45) is 1.65. The van der Waals surface area contributed by atoms with Crippen LogP contribution in [0.4, 0.5) is 0 Å². The van der Waals surface area contributed by atoms with E-state index in [1.54, 1.807) is 11.8 Å². The highest BCUT2D eigenvalue weighted by atomic mass is 79.9. The number of carbonyl (C=O) groups is 2. The van der Waals surface area contributed by atoms with Gasteiger partial charge in [0.2, 0.25) is 0 Å². The Morgan fingerprint density at radius 1 is 1.58 bits per heavy atom. The summed E-state index contributed by atoms with van der Waals surface area (Å²) in [6.45, 7) is 3.36. The van der Waals surface area contributed by atoms with Gasteiger partial charge in [0.1, 0.15) is 0 Å².